The van der Waals surface area contributed by atoms with Crippen LogP contribution in [0.4, 0.5) is 0 Å². The maximum Gasteiger partial charge on any atom is 0.115 e. The largest absolute Gasteiger partial charge is 0.245 e. The molecule has 0 N–H and O–H groups in total. The molecule has 0 saturated carbocycles. The summed E-state index contributed by atoms with van der Waals surface area (Å²) in [4.78, 5) is 4.71. The van der Waals surface area contributed by atoms with Gasteiger partial charge in [0.25, 0.3) is 0 Å². The molecule has 1 heterocycles. The van der Waals surface area contributed by atoms with Crippen LogP contribution in [0.3, 0.4) is 0 Å². The molecule has 2 nitrogen and oxygen atoms in total. The van der Waals surface area contributed by atoms with E-state index in [2.05, 4.69) is 32.9 Å². The van der Waals surface area contributed by atoms with Gasteiger partial charge in [-0.3, -0.25) is 0 Å². The van der Waals surface area contributed by atoms with Crippen LogP contribution in [0.25, 0.3) is 0 Å². The lowest BCUT2D eigenvalue weighted by Gasteiger charge is -2.21. The Balaban J connectivity index is 2.41. The molecule has 0 saturated heterocycles. The highest BCUT2D eigenvalue weighted by Crippen LogP contribution is 2.34. The van der Waals surface area contributed by atoms with Crippen LogP contribution < -0.4 is 0 Å². The van der Waals surface area contributed by atoms with Gasteiger partial charge in [0.2, 0.25) is 0 Å². The number of nitriles is 1. The van der Waals surface area contributed by atoms with Crippen molar-refractivity contribution in [2.24, 2.45) is 0 Å². The minimum atomic E-state index is 0.0987. The third-order valence-corrected chi connectivity index (χ3v) is 3.91. The van der Waals surface area contributed by atoms with Crippen molar-refractivity contribution in [1.82, 2.24) is 4.98 Å². The van der Waals surface area contributed by atoms with Gasteiger partial charge in [0.1, 0.15) is 11.1 Å². The van der Waals surface area contributed by atoms with E-state index in [4.69, 9.17) is 4.98 Å². The lowest BCUT2D eigenvalue weighted by Crippen LogP contribution is -2.11. The average Bonchev–Trinajstić information content (AvgIpc) is 2.26. The third-order valence-electron chi connectivity index (χ3n) is 2.79. The van der Waals surface area contributed by atoms with Crippen LogP contribution >= 0.6 is 11.8 Å². The molecule has 1 aromatic rings. The number of fused-ring (bicyclic) bond motifs is 1. The molecule has 0 bridgehead atoms. The molecule has 2 rings (SSSR count). The topological polar surface area (TPSA) is 36.7 Å². The Labute approximate surface area is 107 Å². The molecular weight excluding hydrogens is 228 g/mol. The van der Waals surface area contributed by atoms with Crippen LogP contribution in [0.5, 0.6) is 0 Å². The quantitative estimate of drug-likeness (QED) is 0.709. The monoisotopic (exact) mass is 246 g/mol. The number of thioether (sulfide) groups is 1. The Morgan fingerprint density at radius 3 is 2.65 bits per heavy atom. The number of rotatable bonds is 1. The zero-order valence-electron chi connectivity index (χ0n) is 10.7. The van der Waals surface area contributed by atoms with Crippen molar-refractivity contribution in [3.05, 3.63) is 22.9 Å². The SMILES string of the molecule is CC(C)(C)Sc1nc2c(cc1C#N)CCCC2. The van der Waals surface area contributed by atoms with Crippen LogP contribution in [0.1, 0.15) is 50.4 Å². The summed E-state index contributed by atoms with van der Waals surface area (Å²) in [6.45, 7) is 6.46. The van der Waals surface area contributed by atoms with E-state index in [9.17, 15) is 5.26 Å². The number of hydrogen-bond acceptors (Lipinski definition) is 3. The summed E-state index contributed by atoms with van der Waals surface area (Å²) < 4.78 is 0.0987. The van der Waals surface area contributed by atoms with E-state index in [1.807, 2.05) is 0 Å². The molecule has 0 aromatic carbocycles. The van der Waals surface area contributed by atoms with Gasteiger partial charge in [-0.1, -0.05) is 32.5 Å². The summed E-state index contributed by atoms with van der Waals surface area (Å²) in [5.74, 6) is 0. The van der Waals surface area contributed by atoms with Gasteiger partial charge < -0.3 is 0 Å². The molecule has 0 unspecified atom stereocenters. The van der Waals surface area contributed by atoms with Crippen molar-refractivity contribution in [2.75, 3.05) is 0 Å². The van der Waals surface area contributed by atoms with Crippen LogP contribution in [-0.4, -0.2) is 9.73 Å². The van der Waals surface area contributed by atoms with Crippen LogP contribution in [0.2, 0.25) is 0 Å². The fraction of sp³-hybridized carbons (Fsp3) is 0.571. The molecular formula is C14H18N2S. The second kappa shape index (κ2) is 4.70. The second-order valence-electron chi connectivity index (χ2n) is 5.48. The Bertz CT molecular complexity index is 466. The first-order chi connectivity index (χ1) is 7.99. The Hall–Kier alpha value is -1.01. The van der Waals surface area contributed by atoms with Gasteiger partial charge in [-0.15, -0.1) is 0 Å². The molecule has 0 aliphatic heterocycles. The van der Waals surface area contributed by atoms with Gasteiger partial charge in [-0.2, -0.15) is 5.26 Å². The normalized spacial score (nSPS) is 15.2. The second-order valence-corrected chi connectivity index (χ2v) is 7.30. The lowest BCUT2D eigenvalue weighted by molar-refractivity contribution is 0.659. The number of aryl methyl sites for hydroxylation is 2. The van der Waals surface area contributed by atoms with Crippen molar-refractivity contribution < 1.29 is 0 Å². The molecule has 17 heavy (non-hydrogen) atoms. The van der Waals surface area contributed by atoms with E-state index >= 15 is 0 Å². The number of aromatic nitrogens is 1. The van der Waals surface area contributed by atoms with Crippen LogP contribution in [-0.2, 0) is 12.8 Å². The van der Waals surface area contributed by atoms with E-state index in [1.165, 1.54) is 24.1 Å². The first-order valence-electron chi connectivity index (χ1n) is 6.11. The van der Waals surface area contributed by atoms with Gasteiger partial charge in [0.05, 0.1) is 5.56 Å². The number of pyridine rings is 1. The molecule has 1 aliphatic rings. The summed E-state index contributed by atoms with van der Waals surface area (Å²) in [6.07, 6.45) is 4.60. The van der Waals surface area contributed by atoms with Gasteiger partial charge in [0, 0.05) is 10.4 Å². The van der Waals surface area contributed by atoms with Crippen molar-refractivity contribution >= 4 is 11.8 Å². The molecule has 0 spiro atoms. The molecule has 0 fully saturated rings. The predicted octanol–water partition coefficient (Wildman–Crippen LogP) is 3.72. The highest BCUT2D eigenvalue weighted by Gasteiger charge is 2.20. The van der Waals surface area contributed by atoms with Crippen molar-refractivity contribution in [1.29, 1.82) is 5.26 Å². The summed E-state index contributed by atoms with van der Waals surface area (Å²) >= 11 is 1.69. The van der Waals surface area contributed by atoms with Crippen molar-refractivity contribution in [2.45, 2.75) is 56.2 Å². The minimum absolute atomic E-state index is 0.0987. The van der Waals surface area contributed by atoms with E-state index in [-0.39, 0.29) is 4.75 Å². The summed E-state index contributed by atoms with van der Waals surface area (Å²) in [6, 6.07) is 4.34. The molecule has 1 aromatic heterocycles. The van der Waals surface area contributed by atoms with Crippen LogP contribution in [0.15, 0.2) is 11.1 Å². The summed E-state index contributed by atoms with van der Waals surface area (Å²) in [7, 11) is 0. The first-order valence-corrected chi connectivity index (χ1v) is 6.93. The Morgan fingerprint density at radius 2 is 2.00 bits per heavy atom. The van der Waals surface area contributed by atoms with E-state index in [1.54, 1.807) is 11.8 Å². The van der Waals surface area contributed by atoms with Gasteiger partial charge in [-0.05, 0) is 37.3 Å². The average molecular weight is 246 g/mol. The maximum absolute atomic E-state index is 9.21. The summed E-state index contributed by atoms with van der Waals surface area (Å²) in [5, 5.41) is 10.1. The first kappa shape index (κ1) is 12.4. The van der Waals surface area contributed by atoms with Gasteiger partial charge in [0.15, 0.2) is 0 Å². The van der Waals surface area contributed by atoms with Crippen molar-refractivity contribution in [3.63, 3.8) is 0 Å². The molecule has 0 atom stereocenters. The lowest BCUT2D eigenvalue weighted by atomic mass is 9.95. The molecule has 0 radical (unpaired) electrons. The predicted molar refractivity (Wildman–Crippen MR) is 71.2 cm³/mol. The fourth-order valence-electron chi connectivity index (χ4n) is 2.06. The van der Waals surface area contributed by atoms with E-state index in [0.717, 1.165) is 23.4 Å². The molecule has 90 valence electrons. The number of nitrogens with zero attached hydrogens (tertiary/aromatic N) is 2. The summed E-state index contributed by atoms with van der Waals surface area (Å²) in [5.41, 5.74) is 3.23. The smallest absolute Gasteiger partial charge is 0.115 e. The van der Waals surface area contributed by atoms with Crippen LogP contribution in [0, 0.1) is 11.3 Å². The zero-order chi connectivity index (χ0) is 12.5. The zero-order valence-corrected chi connectivity index (χ0v) is 11.5. The molecule has 1 aliphatic carbocycles. The minimum Gasteiger partial charge on any atom is -0.245 e. The third kappa shape index (κ3) is 3.01. The van der Waals surface area contributed by atoms with Crippen molar-refractivity contribution in [3.8, 4) is 6.07 Å². The maximum atomic E-state index is 9.21. The van der Waals surface area contributed by atoms with Gasteiger partial charge in [-0.25, -0.2) is 4.98 Å². The Morgan fingerprint density at radius 1 is 1.29 bits per heavy atom. The highest BCUT2D eigenvalue weighted by molar-refractivity contribution is 8.00. The molecule has 0 amide bonds. The fourth-order valence-corrected chi connectivity index (χ4v) is 3.01. The standard InChI is InChI=1S/C14H18N2S/c1-14(2,3)17-13-11(9-15)8-10-6-4-5-7-12(10)16-13/h8H,4-7H2,1-3H3. The van der Waals surface area contributed by atoms with E-state index < -0.39 is 0 Å². The Kier molecular flexibility index (Phi) is 3.44. The molecule has 3 heteroatoms. The van der Waals surface area contributed by atoms with Gasteiger partial charge >= 0.3 is 0 Å². The number of hydrogen-bond donors (Lipinski definition) is 0. The van der Waals surface area contributed by atoms with E-state index in [0.29, 0.717) is 0 Å². The highest BCUT2D eigenvalue weighted by atomic mass is 32.2.